The van der Waals surface area contributed by atoms with Gasteiger partial charge in [-0.1, -0.05) is 57.9 Å². The average Bonchev–Trinajstić information content (AvgIpc) is 2.93. The molecule has 4 aromatic rings. The van der Waals surface area contributed by atoms with Crippen molar-refractivity contribution >= 4 is 55.4 Å². The van der Waals surface area contributed by atoms with E-state index in [1.54, 1.807) is 66.7 Å². The lowest BCUT2D eigenvalue weighted by atomic mass is 10.2. The summed E-state index contributed by atoms with van der Waals surface area (Å²) >= 11 is 9.25. The molecule has 10 heteroatoms. The molecular formula is C28H23BrClN3O4S. The second kappa shape index (κ2) is 12.7. The number of hydrogen-bond acceptors (Lipinski definition) is 5. The standard InChI is InChI=1S/C28H23BrClN3O4S/c29-23-10-14-25(15-11-23)33(38(35,36)27-4-2-1-3-5-27)19-28(34)32-31-18-21-8-16-26(17-9-21)37-20-22-6-12-24(30)13-7-22/h1-18H,19-20H2,(H,32,34)/b31-18+. The molecule has 0 unspecified atom stereocenters. The molecule has 0 aliphatic heterocycles. The predicted molar refractivity (Wildman–Crippen MR) is 153 cm³/mol. The van der Waals surface area contributed by atoms with Gasteiger partial charge in [0.1, 0.15) is 18.9 Å². The molecule has 1 N–H and O–H groups in total. The first-order valence-corrected chi connectivity index (χ1v) is 14.0. The van der Waals surface area contributed by atoms with E-state index in [-0.39, 0.29) is 4.90 Å². The maximum absolute atomic E-state index is 13.3. The Kier molecular flexibility index (Phi) is 9.17. The molecule has 0 aliphatic carbocycles. The molecule has 4 aromatic carbocycles. The molecule has 0 saturated heterocycles. The second-order valence-corrected chi connectivity index (χ2v) is 11.3. The number of hydrazone groups is 1. The third-order valence-electron chi connectivity index (χ3n) is 5.33. The summed E-state index contributed by atoms with van der Waals surface area (Å²) in [7, 11) is -3.99. The van der Waals surface area contributed by atoms with Crippen molar-refractivity contribution in [1.29, 1.82) is 0 Å². The van der Waals surface area contributed by atoms with E-state index >= 15 is 0 Å². The van der Waals surface area contributed by atoms with Crippen molar-refractivity contribution in [2.45, 2.75) is 11.5 Å². The van der Waals surface area contributed by atoms with E-state index in [4.69, 9.17) is 16.3 Å². The van der Waals surface area contributed by atoms with Crippen molar-refractivity contribution in [3.8, 4) is 5.75 Å². The number of carbonyl (C=O) groups excluding carboxylic acids is 1. The fourth-order valence-corrected chi connectivity index (χ4v) is 5.22. The van der Waals surface area contributed by atoms with Crippen LogP contribution in [0.5, 0.6) is 5.75 Å². The van der Waals surface area contributed by atoms with Crippen LogP contribution in [0.3, 0.4) is 0 Å². The van der Waals surface area contributed by atoms with Crippen LogP contribution in [0, 0.1) is 0 Å². The molecule has 0 heterocycles. The smallest absolute Gasteiger partial charge is 0.264 e. The fourth-order valence-electron chi connectivity index (χ4n) is 3.38. The van der Waals surface area contributed by atoms with Gasteiger partial charge in [0.25, 0.3) is 15.9 Å². The van der Waals surface area contributed by atoms with Gasteiger partial charge in [-0.25, -0.2) is 13.8 Å². The highest BCUT2D eigenvalue weighted by Crippen LogP contribution is 2.25. The maximum Gasteiger partial charge on any atom is 0.264 e. The van der Waals surface area contributed by atoms with Crippen molar-refractivity contribution in [2.75, 3.05) is 10.8 Å². The van der Waals surface area contributed by atoms with Gasteiger partial charge in [-0.2, -0.15) is 5.10 Å². The van der Waals surface area contributed by atoms with Gasteiger partial charge in [-0.05, 0) is 83.9 Å². The summed E-state index contributed by atoms with van der Waals surface area (Å²) in [6, 6.07) is 29.2. The van der Waals surface area contributed by atoms with Crippen LogP contribution < -0.4 is 14.5 Å². The molecule has 0 aromatic heterocycles. The molecule has 0 radical (unpaired) electrons. The van der Waals surface area contributed by atoms with Crippen LogP contribution in [0.25, 0.3) is 0 Å². The van der Waals surface area contributed by atoms with Gasteiger partial charge in [-0.3, -0.25) is 9.10 Å². The first kappa shape index (κ1) is 27.4. The highest BCUT2D eigenvalue weighted by atomic mass is 79.9. The average molecular weight is 613 g/mol. The topological polar surface area (TPSA) is 88.1 Å². The van der Waals surface area contributed by atoms with Crippen LogP contribution in [-0.2, 0) is 21.4 Å². The van der Waals surface area contributed by atoms with E-state index in [2.05, 4.69) is 26.5 Å². The molecule has 0 spiro atoms. The molecule has 0 aliphatic rings. The SMILES string of the molecule is O=C(CN(c1ccc(Br)cc1)S(=O)(=O)c1ccccc1)N/N=C/c1ccc(OCc2ccc(Cl)cc2)cc1. The molecule has 194 valence electrons. The Labute approximate surface area is 234 Å². The van der Waals surface area contributed by atoms with E-state index in [9.17, 15) is 13.2 Å². The predicted octanol–water partition coefficient (Wildman–Crippen LogP) is 6.03. The lowest BCUT2D eigenvalue weighted by molar-refractivity contribution is -0.119. The summed E-state index contributed by atoms with van der Waals surface area (Å²) in [6.45, 7) is -0.0465. The van der Waals surface area contributed by atoms with Crippen LogP contribution in [0.15, 0.2) is 118 Å². The minimum Gasteiger partial charge on any atom is -0.489 e. The zero-order valence-electron chi connectivity index (χ0n) is 20.0. The zero-order valence-corrected chi connectivity index (χ0v) is 23.2. The molecule has 4 rings (SSSR count). The van der Waals surface area contributed by atoms with E-state index in [1.807, 2.05) is 24.3 Å². The Morgan fingerprint density at radius 1 is 0.921 bits per heavy atom. The molecule has 7 nitrogen and oxygen atoms in total. The number of carbonyl (C=O) groups is 1. The Morgan fingerprint density at radius 3 is 2.24 bits per heavy atom. The summed E-state index contributed by atoms with van der Waals surface area (Å²) in [5, 5.41) is 4.65. The Hall–Kier alpha value is -3.66. The molecule has 0 fully saturated rings. The van der Waals surface area contributed by atoms with Crippen molar-refractivity contribution < 1.29 is 17.9 Å². The molecule has 38 heavy (non-hydrogen) atoms. The van der Waals surface area contributed by atoms with Gasteiger partial charge >= 0.3 is 0 Å². The number of benzene rings is 4. The van der Waals surface area contributed by atoms with Gasteiger partial charge in [0, 0.05) is 9.50 Å². The monoisotopic (exact) mass is 611 g/mol. The van der Waals surface area contributed by atoms with Gasteiger partial charge in [0.05, 0.1) is 16.8 Å². The lowest BCUT2D eigenvalue weighted by Gasteiger charge is -2.23. The minimum absolute atomic E-state index is 0.0811. The Balaban J connectivity index is 1.38. The third kappa shape index (κ3) is 7.44. The van der Waals surface area contributed by atoms with Crippen molar-refractivity contribution in [3.05, 3.63) is 124 Å². The number of nitrogens with one attached hydrogen (secondary N) is 1. The summed E-state index contributed by atoms with van der Waals surface area (Å²) in [5.41, 5.74) is 4.48. The lowest BCUT2D eigenvalue weighted by Crippen LogP contribution is -2.39. The zero-order chi connectivity index (χ0) is 27.0. The number of nitrogens with zero attached hydrogens (tertiary/aromatic N) is 2. The normalized spacial score (nSPS) is 11.3. The van der Waals surface area contributed by atoms with Crippen LogP contribution in [0.2, 0.25) is 5.02 Å². The van der Waals surface area contributed by atoms with Gasteiger partial charge < -0.3 is 4.74 Å². The Bertz CT molecular complexity index is 1500. The van der Waals surface area contributed by atoms with Crippen LogP contribution in [0.1, 0.15) is 11.1 Å². The number of ether oxygens (including phenoxy) is 1. The maximum atomic E-state index is 13.3. The number of rotatable bonds is 10. The van der Waals surface area contributed by atoms with Crippen molar-refractivity contribution in [2.24, 2.45) is 5.10 Å². The molecular weight excluding hydrogens is 590 g/mol. The van der Waals surface area contributed by atoms with Crippen LogP contribution in [-0.4, -0.2) is 27.1 Å². The van der Waals surface area contributed by atoms with E-state index in [1.165, 1.54) is 18.3 Å². The fraction of sp³-hybridized carbons (Fsp3) is 0.0714. The summed E-state index contributed by atoms with van der Waals surface area (Å²) in [5.74, 6) is 0.0870. The summed E-state index contributed by atoms with van der Waals surface area (Å²) in [6.07, 6.45) is 1.47. The third-order valence-corrected chi connectivity index (χ3v) is 7.90. The molecule has 0 saturated carbocycles. The van der Waals surface area contributed by atoms with Crippen LogP contribution in [0.4, 0.5) is 5.69 Å². The molecule has 0 bridgehead atoms. The number of halogens is 2. The second-order valence-electron chi connectivity index (χ2n) is 8.08. The minimum atomic E-state index is -3.99. The van der Waals surface area contributed by atoms with Gasteiger partial charge in [0.2, 0.25) is 0 Å². The number of anilines is 1. The van der Waals surface area contributed by atoms with Gasteiger partial charge in [0.15, 0.2) is 0 Å². The quantitative estimate of drug-likeness (QED) is 0.175. The highest BCUT2D eigenvalue weighted by Gasteiger charge is 2.27. The van der Waals surface area contributed by atoms with E-state index in [0.29, 0.717) is 23.1 Å². The van der Waals surface area contributed by atoms with Gasteiger partial charge in [-0.15, -0.1) is 0 Å². The summed E-state index contributed by atoms with van der Waals surface area (Å²) in [4.78, 5) is 12.8. The number of sulfonamides is 1. The number of amides is 1. The van der Waals surface area contributed by atoms with E-state index < -0.39 is 22.5 Å². The number of hydrogen-bond donors (Lipinski definition) is 1. The molecule has 1 amide bonds. The summed E-state index contributed by atoms with van der Waals surface area (Å²) < 4.78 is 34.2. The highest BCUT2D eigenvalue weighted by molar-refractivity contribution is 9.10. The van der Waals surface area contributed by atoms with Crippen molar-refractivity contribution in [3.63, 3.8) is 0 Å². The Morgan fingerprint density at radius 2 is 1.58 bits per heavy atom. The first-order chi connectivity index (χ1) is 18.3. The van der Waals surface area contributed by atoms with Crippen LogP contribution >= 0.6 is 27.5 Å². The van der Waals surface area contributed by atoms with E-state index in [0.717, 1.165) is 19.9 Å². The largest absolute Gasteiger partial charge is 0.489 e. The molecule has 0 atom stereocenters. The van der Waals surface area contributed by atoms with Crippen molar-refractivity contribution in [1.82, 2.24) is 5.43 Å². The first-order valence-electron chi connectivity index (χ1n) is 11.4.